The van der Waals surface area contributed by atoms with Crippen LogP contribution in [0.4, 0.5) is 0 Å². The number of amides is 2. The average Bonchev–Trinajstić information content (AvgIpc) is 2.75. The van der Waals surface area contributed by atoms with Crippen LogP contribution in [0, 0.1) is 5.92 Å². The van der Waals surface area contributed by atoms with Gasteiger partial charge in [-0.3, -0.25) is 9.59 Å². The molecule has 3 rings (SSSR count). The fourth-order valence-electron chi connectivity index (χ4n) is 4.41. The number of carbonyl (C=O) groups is 2. The van der Waals surface area contributed by atoms with Gasteiger partial charge in [0.2, 0.25) is 11.8 Å². The molecule has 2 aliphatic carbocycles. The van der Waals surface area contributed by atoms with E-state index in [2.05, 4.69) is 5.32 Å². The molecular formula is C18H30N2O3. The van der Waals surface area contributed by atoms with Gasteiger partial charge in [-0.05, 0) is 25.7 Å². The van der Waals surface area contributed by atoms with E-state index in [0.29, 0.717) is 19.0 Å². The number of hydrogen-bond donors (Lipinski definition) is 2. The molecule has 130 valence electrons. The number of carbonyl (C=O) groups excluding carboxylic acids is 2. The van der Waals surface area contributed by atoms with Crippen LogP contribution < -0.4 is 5.32 Å². The van der Waals surface area contributed by atoms with Gasteiger partial charge in [-0.15, -0.1) is 0 Å². The summed E-state index contributed by atoms with van der Waals surface area (Å²) < 4.78 is 0. The van der Waals surface area contributed by atoms with E-state index < -0.39 is 6.10 Å². The molecule has 2 N–H and O–H groups in total. The second kappa shape index (κ2) is 7.65. The van der Waals surface area contributed by atoms with Crippen LogP contribution in [0.25, 0.3) is 0 Å². The lowest BCUT2D eigenvalue weighted by atomic mass is 9.92. The normalized spacial score (nSPS) is 33.5. The van der Waals surface area contributed by atoms with Crippen molar-refractivity contribution in [3.63, 3.8) is 0 Å². The van der Waals surface area contributed by atoms with Crippen molar-refractivity contribution in [3.8, 4) is 0 Å². The second-order valence-corrected chi connectivity index (χ2v) is 7.56. The average molecular weight is 322 g/mol. The molecule has 23 heavy (non-hydrogen) atoms. The topological polar surface area (TPSA) is 69.6 Å². The highest BCUT2D eigenvalue weighted by molar-refractivity contribution is 5.89. The van der Waals surface area contributed by atoms with Crippen molar-refractivity contribution >= 4 is 11.8 Å². The molecule has 3 unspecified atom stereocenters. The summed E-state index contributed by atoms with van der Waals surface area (Å²) in [4.78, 5) is 26.8. The Labute approximate surface area is 138 Å². The van der Waals surface area contributed by atoms with Crippen LogP contribution in [0.1, 0.15) is 70.6 Å². The molecule has 0 radical (unpaired) electrons. The zero-order valence-corrected chi connectivity index (χ0v) is 14.0. The van der Waals surface area contributed by atoms with Crippen LogP contribution in [0.2, 0.25) is 0 Å². The highest BCUT2D eigenvalue weighted by Gasteiger charge is 2.39. The highest BCUT2D eigenvalue weighted by atomic mass is 16.3. The molecule has 0 aromatic rings. The van der Waals surface area contributed by atoms with E-state index >= 15 is 0 Å². The number of aliphatic hydroxyl groups excluding tert-OH is 1. The summed E-state index contributed by atoms with van der Waals surface area (Å²) in [5, 5.41) is 13.0. The largest absolute Gasteiger partial charge is 0.391 e. The molecular weight excluding hydrogens is 292 g/mol. The Hall–Kier alpha value is -1.10. The second-order valence-electron chi connectivity index (χ2n) is 7.56. The summed E-state index contributed by atoms with van der Waals surface area (Å²) in [6.45, 7) is 0.568. The van der Waals surface area contributed by atoms with Crippen LogP contribution >= 0.6 is 0 Å². The van der Waals surface area contributed by atoms with Crippen LogP contribution in [0.15, 0.2) is 0 Å². The molecule has 5 heteroatoms. The van der Waals surface area contributed by atoms with Gasteiger partial charge in [-0.25, -0.2) is 0 Å². The lowest BCUT2D eigenvalue weighted by Crippen LogP contribution is -2.47. The van der Waals surface area contributed by atoms with Crippen LogP contribution in [-0.2, 0) is 9.59 Å². The molecule has 0 bridgehead atoms. The minimum Gasteiger partial charge on any atom is -0.391 e. The Bertz CT molecular complexity index is 432. The maximum absolute atomic E-state index is 12.5. The van der Waals surface area contributed by atoms with Gasteiger partial charge in [0, 0.05) is 19.0 Å². The molecule has 1 aliphatic heterocycles. The predicted octanol–water partition coefficient (Wildman–Crippen LogP) is 1.98. The summed E-state index contributed by atoms with van der Waals surface area (Å²) in [5.41, 5.74) is 0. The number of aliphatic hydroxyl groups is 1. The Balaban J connectivity index is 1.54. The first kappa shape index (κ1) is 16.7. The number of hydrogen-bond acceptors (Lipinski definition) is 3. The molecule has 1 saturated heterocycles. The minimum absolute atomic E-state index is 0.0413. The van der Waals surface area contributed by atoms with Crippen molar-refractivity contribution < 1.29 is 14.7 Å². The van der Waals surface area contributed by atoms with E-state index in [9.17, 15) is 14.7 Å². The van der Waals surface area contributed by atoms with Crippen molar-refractivity contribution in [3.05, 3.63) is 0 Å². The van der Waals surface area contributed by atoms with Crippen molar-refractivity contribution in [2.24, 2.45) is 5.92 Å². The Kier molecular flexibility index (Phi) is 5.57. The number of likely N-dealkylation sites (tertiary alicyclic amines) is 1. The number of nitrogens with zero attached hydrogens (tertiary/aromatic N) is 1. The van der Waals surface area contributed by atoms with Crippen molar-refractivity contribution in [1.82, 2.24) is 10.2 Å². The third-order valence-electron chi connectivity index (χ3n) is 5.85. The van der Waals surface area contributed by atoms with Crippen molar-refractivity contribution in [2.45, 2.75) is 88.8 Å². The van der Waals surface area contributed by atoms with Gasteiger partial charge in [0.15, 0.2) is 0 Å². The fourth-order valence-corrected chi connectivity index (χ4v) is 4.41. The van der Waals surface area contributed by atoms with Gasteiger partial charge in [-0.1, -0.05) is 38.5 Å². The molecule has 3 aliphatic rings. The van der Waals surface area contributed by atoms with Crippen molar-refractivity contribution in [1.29, 1.82) is 0 Å². The third kappa shape index (κ3) is 4.06. The molecule has 0 spiro atoms. The lowest BCUT2D eigenvalue weighted by molar-refractivity contribution is -0.130. The van der Waals surface area contributed by atoms with E-state index in [1.165, 1.54) is 25.7 Å². The monoisotopic (exact) mass is 322 g/mol. The zero-order chi connectivity index (χ0) is 16.2. The third-order valence-corrected chi connectivity index (χ3v) is 5.85. The molecule has 0 aromatic carbocycles. The summed E-state index contributed by atoms with van der Waals surface area (Å²) >= 11 is 0. The number of nitrogens with one attached hydrogen (secondary N) is 1. The first-order chi connectivity index (χ1) is 11.1. The summed E-state index contributed by atoms with van der Waals surface area (Å²) in [6, 6.07) is 0.210. The first-order valence-corrected chi connectivity index (χ1v) is 9.43. The maximum Gasteiger partial charge on any atom is 0.225 e. The number of rotatable bonds is 3. The van der Waals surface area contributed by atoms with Gasteiger partial charge in [0.1, 0.15) is 0 Å². The van der Waals surface area contributed by atoms with E-state index in [4.69, 9.17) is 0 Å². The SMILES string of the molecule is O=C(NC1CCCCC1O)C1CC(=O)N(C2CCCCCC2)C1. The van der Waals surface area contributed by atoms with Crippen LogP contribution in [-0.4, -0.2) is 46.6 Å². The van der Waals surface area contributed by atoms with Gasteiger partial charge in [-0.2, -0.15) is 0 Å². The van der Waals surface area contributed by atoms with E-state index in [-0.39, 0.29) is 23.8 Å². The van der Waals surface area contributed by atoms with E-state index in [1.54, 1.807) is 0 Å². The van der Waals surface area contributed by atoms with Gasteiger partial charge in [0.05, 0.1) is 18.1 Å². The van der Waals surface area contributed by atoms with Gasteiger partial charge < -0.3 is 15.3 Å². The van der Waals surface area contributed by atoms with Gasteiger partial charge >= 0.3 is 0 Å². The van der Waals surface area contributed by atoms with Crippen LogP contribution in [0.3, 0.4) is 0 Å². The molecule has 1 heterocycles. The zero-order valence-electron chi connectivity index (χ0n) is 14.0. The molecule has 2 amide bonds. The summed E-state index contributed by atoms with van der Waals surface area (Å²) in [6.07, 6.45) is 10.7. The lowest BCUT2D eigenvalue weighted by Gasteiger charge is -2.30. The molecule has 5 nitrogen and oxygen atoms in total. The maximum atomic E-state index is 12.5. The Morgan fingerprint density at radius 3 is 2.35 bits per heavy atom. The smallest absolute Gasteiger partial charge is 0.225 e. The quantitative estimate of drug-likeness (QED) is 0.781. The summed E-state index contributed by atoms with van der Waals surface area (Å²) in [7, 11) is 0. The van der Waals surface area contributed by atoms with Crippen LogP contribution in [0.5, 0.6) is 0 Å². The van der Waals surface area contributed by atoms with Gasteiger partial charge in [0.25, 0.3) is 0 Å². The Morgan fingerprint density at radius 1 is 1.00 bits per heavy atom. The van der Waals surface area contributed by atoms with E-state index in [0.717, 1.165) is 38.5 Å². The summed E-state index contributed by atoms with van der Waals surface area (Å²) in [5.74, 6) is -0.137. The predicted molar refractivity (Wildman–Crippen MR) is 87.7 cm³/mol. The molecule has 0 aromatic heterocycles. The van der Waals surface area contributed by atoms with E-state index in [1.807, 2.05) is 4.90 Å². The molecule has 3 atom stereocenters. The minimum atomic E-state index is -0.428. The fraction of sp³-hybridized carbons (Fsp3) is 0.889. The standard InChI is InChI=1S/C18H30N2O3/c21-16-10-6-5-9-15(16)19-18(23)13-11-17(22)20(12-13)14-7-3-1-2-4-8-14/h13-16,21H,1-12H2,(H,19,23). The molecule has 3 fully saturated rings. The Morgan fingerprint density at radius 2 is 1.65 bits per heavy atom. The highest BCUT2D eigenvalue weighted by Crippen LogP contribution is 2.28. The molecule has 2 saturated carbocycles. The van der Waals surface area contributed by atoms with Crippen molar-refractivity contribution in [2.75, 3.05) is 6.54 Å². The first-order valence-electron chi connectivity index (χ1n) is 9.43.